The van der Waals surface area contributed by atoms with Gasteiger partial charge in [-0.15, -0.1) is 0 Å². The average molecular weight is 376 g/mol. The minimum absolute atomic E-state index is 0.257. The first-order valence-electron chi connectivity index (χ1n) is 7.55. The molecule has 5 heteroatoms. The Kier molecular flexibility index (Phi) is 5.18. The number of ether oxygens (including phenoxy) is 2. The van der Waals surface area contributed by atoms with Crippen molar-refractivity contribution in [1.82, 2.24) is 4.90 Å². The maximum atomic E-state index is 11.9. The van der Waals surface area contributed by atoms with Gasteiger partial charge in [0, 0.05) is 23.5 Å². The number of hydrogen-bond donors (Lipinski definition) is 0. The monoisotopic (exact) mass is 375 g/mol. The van der Waals surface area contributed by atoms with E-state index in [9.17, 15) is 4.79 Å². The molecule has 1 aliphatic heterocycles. The quantitative estimate of drug-likeness (QED) is 0.789. The highest BCUT2D eigenvalue weighted by atomic mass is 79.9. The highest BCUT2D eigenvalue weighted by Crippen LogP contribution is 2.21. The molecule has 0 atom stereocenters. The van der Waals surface area contributed by atoms with E-state index in [-0.39, 0.29) is 6.09 Å². The van der Waals surface area contributed by atoms with Crippen LogP contribution in [-0.2, 0) is 11.3 Å². The molecular formula is C18H18BrNO3. The van der Waals surface area contributed by atoms with E-state index >= 15 is 0 Å². The van der Waals surface area contributed by atoms with Gasteiger partial charge in [0.1, 0.15) is 12.4 Å². The molecule has 2 aromatic carbocycles. The number of nitrogens with zero attached hydrogens (tertiary/aromatic N) is 1. The SMILES string of the molecule is O=C(OCc1ccccc1)N1CC(COc2cccc(Br)c2)C1. The summed E-state index contributed by atoms with van der Waals surface area (Å²) in [5.74, 6) is 1.20. The molecule has 0 N–H and O–H groups in total. The first-order chi connectivity index (χ1) is 11.2. The number of carbonyl (C=O) groups excluding carboxylic acids is 1. The minimum atomic E-state index is -0.257. The van der Waals surface area contributed by atoms with Crippen molar-refractivity contribution in [1.29, 1.82) is 0 Å². The number of halogens is 1. The van der Waals surface area contributed by atoms with Gasteiger partial charge in [-0.05, 0) is 23.8 Å². The normalized spacial score (nSPS) is 14.2. The van der Waals surface area contributed by atoms with E-state index in [0.717, 1.165) is 15.8 Å². The van der Waals surface area contributed by atoms with Crippen molar-refractivity contribution in [3.05, 3.63) is 64.6 Å². The fraction of sp³-hybridized carbons (Fsp3) is 0.278. The third-order valence-corrected chi connectivity index (χ3v) is 4.20. The zero-order valence-electron chi connectivity index (χ0n) is 12.7. The Morgan fingerprint density at radius 1 is 1.13 bits per heavy atom. The zero-order valence-corrected chi connectivity index (χ0v) is 14.2. The lowest BCUT2D eigenvalue weighted by Crippen LogP contribution is -2.52. The summed E-state index contributed by atoms with van der Waals surface area (Å²) in [7, 11) is 0. The Labute approximate surface area is 144 Å². The summed E-state index contributed by atoms with van der Waals surface area (Å²) in [6.07, 6.45) is -0.257. The molecule has 1 saturated heterocycles. The fourth-order valence-corrected chi connectivity index (χ4v) is 2.78. The van der Waals surface area contributed by atoms with E-state index in [4.69, 9.17) is 9.47 Å². The lowest BCUT2D eigenvalue weighted by molar-refractivity contribution is 0.0342. The van der Waals surface area contributed by atoms with Crippen LogP contribution in [0.5, 0.6) is 5.75 Å². The van der Waals surface area contributed by atoms with Crippen LogP contribution in [-0.4, -0.2) is 30.7 Å². The topological polar surface area (TPSA) is 38.8 Å². The lowest BCUT2D eigenvalue weighted by atomic mass is 10.0. The average Bonchev–Trinajstić information content (AvgIpc) is 2.52. The maximum absolute atomic E-state index is 11.9. The van der Waals surface area contributed by atoms with Gasteiger partial charge in [-0.1, -0.05) is 52.3 Å². The predicted octanol–water partition coefficient (Wildman–Crippen LogP) is 4.10. The summed E-state index contributed by atoms with van der Waals surface area (Å²) < 4.78 is 12.0. The van der Waals surface area contributed by atoms with E-state index in [1.54, 1.807) is 4.90 Å². The van der Waals surface area contributed by atoms with Gasteiger partial charge < -0.3 is 14.4 Å². The number of rotatable bonds is 5. The van der Waals surface area contributed by atoms with Crippen LogP contribution in [0.3, 0.4) is 0 Å². The molecule has 0 unspecified atom stereocenters. The summed E-state index contributed by atoms with van der Waals surface area (Å²) >= 11 is 3.42. The Bertz CT molecular complexity index is 656. The first-order valence-corrected chi connectivity index (χ1v) is 8.34. The number of amides is 1. The number of benzene rings is 2. The van der Waals surface area contributed by atoms with Crippen LogP contribution in [0, 0.1) is 5.92 Å². The molecule has 1 aliphatic rings. The molecule has 3 rings (SSSR count). The molecule has 23 heavy (non-hydrogen) atoms. The number of carbonyl (C=O) groups is 1. The molecule has 1 heterocycles. The second-order valence-corrected chi connectivity index (χ2v) is 6.50. The van der Waals surface area contributed by atoms with Crippen molar-refractivity contribution < 1.29 is 14.3 Å². The number of hydrogen-bond acceptors (Lipinski definition) is 3. The Hall–Kier alpha value is -2.01. The van der Waals surface area contributed by atoms with E-state index in [2.05, 4.69) is 15.9 Å². The molecular weight excluding hydrogens is 358 g/mol. The summed E-state index contributed by atoms with van der Waals surface area (Å²) in [5, 5.41) is 0. The summed E-state index contributed by atoms with van der Waals surface area (Å²) in [5.41, 5.74) is 0.996. The van der Waals surface area contributed by atoms with Gasteiger partial charge in [-0.2, -0.15) is 0 Å². The van der Waals surface area contributed by atoms with Crippen molar-refractivity contribution in [2.45, 2.75) is 6.61 Å². The zero-order chi connectivity index (χ0) is 16.1. The van der Waals surface area contributed by atoms with Crippen molar-refractivity contribution in [2.24, 2.45) is 5.92 Å². The molecule has 0 radical (unpaired) electrons. The second-order valence-electron chi connectivity index (χ2n) is 5.58. The van der Waals surface area contributed by atoms with Crippen LogP contribution in [0.4, 0.5) is 4.79 Å². The van der Waals surface area contributed by atoms with E-state index in [1.807, 2.05) is 54.6 Å². The smallest absolute Gasteiger partial charge is 0.410 e. The number of likely N-dealkylation sites (tertiary alicyclic amines) is 1. The van der Waals surface area contributed by atoms with E-state index in [0.29, 0.717) is 32.2 Å². The Balaban J connectivity index is 1.36. The molecule has 120 valence electrons. The summed E-state index contributed by atoms with van der Waals surface area (Å²) in [4.78, 5) is 13.6. The van der Waals surface area contributed by atoms with Gasteiger partial charge in [0.25, 0.3) is 0 Å². The Morgan fingerprint density at radius 2 is 1.91 bits per heavy atom. The fourth-order valence-electron chi connectivity index (χ4n) is 2.41. The summed E-state index contributed by atoms with van der Waals surface area (Å²) in [6, 6.07) is 17.4. The molecule has 1 fully saturated rings. The largest absolute Gasteiger partial charge is 0.493 e. The second kappa shape index (κ2) is 7.51. The van der Waals surface area contributed by atoms with Crippen molar-refractivity contribution >= 4 is 22.0 Å². The van der Waals surface area contributed by atoms with E-state index in [1.165, 1.54) is 0 Å². The first kappa shape index (κ1) is 15.9. The van der Waals surface area contributed by atoms with Gasteiger partial charge in [0.15, 0.2) is 0 Å². The molecule has 0 aromatic heterocycles. The lowest BCUT2D eigenvalue weighted by Gasteiger charge is -2.37. The summed E-state index contributed by atoms with van der Waals surface area (Å²) in [6.45, 7) is 2.29. The maximum Gasteiger partial charge on any atom is 0.410 e. The molecule has 1 amide bonds. The van der Waals surface area contributed by atoms with Gasteiger partial charge in [0.2, 0.25) is 0 Å². The highest BCUT2D eigenvalue weighted by Gasteiger charge is 2.32. The molecule has 2 aromatic rings. The molecule has 0 bridgehead atoms. The van der Waals surface area contributed by atoms with Gasteiger partial charge in [-0.25, -0.2) is 4.79 Å². The van der Waals surface area contributed by atoms with Crippen molar-refractivity contribution in [2.75, 3.05) is 19.7 Å². The van der Waals surface area contributed by atoms with Crippen LogP contribution in [0.15, 0.2) is 59.1 Å². The third kappa shape index (κ3) is 4.48. The van der Waals surface area contributed by atoms with Crippen LogP contribution in [0.25, 0.3) is 0 Å². The third-order valence-electron chi connectivity index (χ3n) is 3.70. The van der Waals surface area contributed by atoms with Gasteiger partial charge >= 0.3 is 6.09 Å². The molecule has 0 saturated carbocycles. The predicted molar refractivity (Wildman–Crippen MR) is 91.3 cm³/mol. The highest BCUT2D eigenvalue weighted by molar-refractivity contribution is 9.10. The van der Waals surface area contributed by atoms with E-state index < -0.39 is 0 Å². The minimum Gasteiger partial charge on any atom is -0.493 e. The van der Waals surface area contributed by atoms with Crippen LogP contribution in [0.1, 0.15) is 5.56 Å². The van der Waals surface area contributed by atoms with Crippen LogP contribution >= 0.6 is 15.9 Å². The molecule has 0 aliphatic carbocycles. The molecule has 4 nitrogen and oxygen atoms in total. The van der Waals surface area contributed by atoms with Crippen molar-refractivity contribution in [3.8, 4) is 5.75 Å². The van der Waals surface area contributed by atoms with Gasteiger partial charge in [-0.3, -0.25) is 0 Å². The van der Waals surface area contributed by atoms with Gasteiger partial charge in [0.05, 0.1) is 6.61 Å². The Morgan fingerprint density at radius 3 is 2.65 bits per heavy atom. The van der Waals surface area contributed by atoms with Crippen LogP contribution < -0.4 is 4.74 Å². The molecule has 0 spiro atoms. The van der Waals surface area contributed by atoms with Crippen molar-refractivity contribution in [3.63, 3.8) is 0 Å². The standard InChI is InChI=1S/C18H18BrNO3/c19-16-7-4-8-17(9-16)22-13-15-10-20(11-15)18(21)23-12-14-5-2-1-3-6-14/h1-9,15H,10-13H2. The van der Waals surface area contributed by atoms with Crippen LogP contribution in [0.2, 0.25) is 0 Å².